The largest absolute Gasteiger partial charge is 0.494 e. The van der Waals surface area contributed by atoms with Gasteiger partial charge in [-0.2, -0.15) is 0 Å². The van der Waals surface area contributed by atoms with Gasteiger partial charge in [-0.3, -0.25) is 4.90 Å². The van der Waals surface area contributed by atoms with Crippen molar-refractivity contribution in [1.29, 1.82) is 0 Å². The highest BCUT2D eigenvalue weighted by Crippen LogP contribution is 2.34. The molecule has 2 heterocycles. The van der Waals surface area contributed by atoms with Crippen molar-refractivity contribution < 1.29 is 9.26 Å². The monoisotopic (exact) mass is 314 g/mol. The summed E-state index contributed by atoms with van der Waals surface area (Å²) in [5.74, 6) is 2.36. The molecule has 124 valence electrons. The highest BCUT2D eigenvalue weighted by molar-refractivity contribution is 5.27. The number of hydrogen-bond acceptors (Lipinski definition) is 4. The number of rotatable bonds is 6. The van der Waals surface area contributed by atoms with Gasteiger partial charge in [-0.1, -0.05) is 31.1 Å². The molecular formula is C19H26N2O2. The summed E-state index contributed by atoms with van der Waals surface area (Å²) in [5, 5.41) is 4.22. The highest BCUT2D eigenvalue weighted by atomic mass is 16.5. The van der Waals surface area contributed by atoms with Crippen molar-refractivity contribution in [3.8, 4) is 5.75 Å². The lowest BCUT2D eigenvalue weighted by Gasteiger charge is -2.22. The maximum atomic E-state index is 5.62. The van der Waals surface area contributed by atoms with E-state index in [-0.39, 0.29) is 0 Å². The number of likely N-dealkylation sites (tertiary alicyclic amines) is 1. The zero-order valence-corrected chi connectivity index (χ0v) is 14.3. The van der Waals surface area contributed by atoms with Crippen LogP contribution in [0, 0.1) is 0 Å². The standard InChI is InChI=1S/C19H26N2O2/c1-4-22-16-9-7-15(8-10-16)13-21-11-5-6-18(21)19-12-17(14(2)3)20-23-19/h7-10,12,14,18H,4-6,11,13H2,1-3H3/t18-/m1/s1. The van der Waals surface area contributed by atoms with Gasteiger partial charge in [0.15, 0.2) is 5.76 Å². The van der Waals surface area contributed by atoms with E-state index in [1.807, 2.05) is 6.92 Å². The third-order valence-corrected chi connectivity index (χ3v) is 4.45. The predicted octanol–water partition coefficient (Wildman–Crippen LogP) is 4.53. The first kappa shape index (κ1) is 16.1. The normalized spacial score (nSPS) is 18.7. The molecule has 1 aliphatic rings. The van der Waals surface area contributed by atoms with Crippen LogP contribution in [0.4, 0.5) is 0 Å². The van der Waals surface area contributed by atoms with Gasteiger partial charge in [-0.25, -0.2) is 0 Å². The van der Waals surface area contributed by atoms with Crippen LogP contribution in [0.5, 0.6) is 5.75 Å². The van der Waals surface area contributed by atoms with Crippen molar-refractivity contribution in [2.45, 2.75) is 52.1 Å². The molecule has 1 aromatic heterocycles. The number of nitrogens with zero attached hydrogens (tertiary/aromatic N) is 2. The zero-order chi connectivity index (χ0) is 16.2. The molecule has 0 spiro atoms. The first-order valence-electron chi connectivity index (χ1n) is 8.59. The van der Waals surface area contributed by atoms with Gasteiger partial charge in [-0.15, -0.1) is 0 Å². The van der Waals surface area contributed by atoms with Crippen LogP contribution in [0.3, 0.4) is 0 Å². The van der Waals surface area contributed by atoms with E-state index in [2.05, 4.69) is 54.2 Å². The van der Waals surface area contributed by atoms with E-state index in [4.69, 9.17) is 9.26 Å². The Morgan fingerprint density at radius 2 is 2.09 bits per heavy atom. The van der Waals surface area contributed by atoms with E-state index in [9.17, 15) is 0 Å². The summed E-state index contributed by atoms with van der Waals surface area (Å²) in [5.41, 5.74) is 2.36. The van der Waals surface area contributed by atoms with Crippen LogP contribution >= 0.6 is 0 Å². The van der Waals surface area contributed by atoms with Gasteiger partial charge in [0.1, 0.15) is 5.75 Å². The molecule has 0 bridgehead atoms. The van der Waals surface area contributed by atoms with Gasteiger partial charge < -0.3 is 9.26 Å². The Hall–Kier alpha value is -1.81. The van der Waals surface area contributed by atoms with Crippen molar-refractivity contribution in [2.75, 3.05) is 13.2 Å². The Bertz CT molecular complexity index is 619. The van der Waals surface area contributed by atoms with Crippen LogP contribution in [0.25, 0.3) is 0 Å². The molecule has 3 rings (SSSR count). The van der Waals surface area contributed by atoms with Crippen molar-refractivity contribution in [1.82, 2.24) is 10.1 Å². The summed E-state index contributed by atoms with van der Waals surface area (Å²) < 4.78 is 11.1. The molecular weight excluding hydrogens is 288 g/mol. The zero-order valence-electron chi connectivity index (χ0n) is 14.3. The summed E-state index contributed by atoms with van der Waals surface area (Å²) in [6, 6.07) is 10.9. The van der Waals surface area contributed by atoms with Crippen molar-refractivity contribution in [3.05, 3.63) is 47.3 Å². The number of aromatic nitrogens is 1. The molecule has 0 saturated carbocycles. The molecule has 1 aromatic carbocycles. The smallest absolute Gasteiger partial charge is 0.154 e. The molecule has 0 unspecified atom stereocenters. The lowest BCUT2D eigenvalue weighted by Crippen LogP contribution is -2.22. The Kier molecular flexibility index (Phi) is 5.01. The van der Waals surface area contributed by atoms with E-state index >= 15 is 0 Å². The molecule has 0 amide bonds. The van der Waals surface area contributed by atoms with Crippen molar-refractivity contribution in [2.24, 2.45) is 0 Å². The fourth-order valence-electron chi connectivity index (χ4n) is 3.16. The molecule has 0 N–H and O–H groups in total. The van der Waals surface area contributed by atoms with Gasteiger partial charge in [0.25, 0.3) is 0 Å². The first-order valence-corrected chi connectivity index (χ1v) is 8.59. The molecule has 23 heavy (non-hydrogen) atoms. The molecule has 1 atom stereocenters. The van der Waals surface area contributed by atoms with Gasteiger partial charge in [0.2, 0.25) is 0 Å². The second-order valence-corrected chi connectivity index (χ2v) is 6.51. The van der Waals surface area contributed by atoms with Gasteiger partial charge in [-0.05, 0) is 49.9 Å². The van der Waals surface area contributed by atoms with E-state index < -0.39 is 0 Å². The molecule has 0 aliphatic carbocycles. The SMILES string of the molecule is CCOc1ccc(CN2CCC[C@@H]2c2cc(C(C)C)no2)cc1. The predicted molar refractivity (Wildman–Crippen MR) is 90.6 cm³/mol. The maximum absolute atomic E-state index is 5.62. The van der Waals surface area contributed by atoms with E-state index in [0.717, 1.165) is 36.7 Å². The average molecular weight is 314 g/mol. The van der Waals surface area contributed by atoms with E-state index in [0.29, 0.717) is 18.6 Å². The third kappa shape index (κ3) is 3.75. The lowest BCUT2D eigenvalue weighted by atomic mass is 10.1. The topological polar surface area (TPSA) is 38.5 Å². The summed E-state index contributed by atoms with van der Waals surface area (Å²) in [6.07, 6.45) is 2.35. The van der Waals surface area contributed by atoms with Gasteiger partial charge >= 0.3 is 0 Å². The van der Waals surface area contributed by atoms with Gasteiger partial charge in [0.05, 0.1) is 18.3 Å². The molecule has 4 nitrogen and oxygen atoms in total. The molecule has 1 saturated heterocycles. The lowest BCUT2D eigenvalue weighted by molar-refractivity contribution is 0.206. The summed E-state index contributed by atoms with van der Waals surface area (Å²) in [4.78, 5) is 2.49. The van der Waals surface area contributed by atoms with Crippen LogP contribution in [-0.4, -0.2) is 23.2 Å². The van der Waals surface area contributed by atoms with Crippen LogP contribution in [0.2, 0.25) is 0 Å². The summed E-state index contributed by atoms with van der Waals surface area (Å²) in [7, 11) is 0. The fraction of sp³-hybridized carbons (Fsp3) is 0.526. The first-order chi connectivity index (χ1) is 11.2. The number of hydrogen-bond donors (Lipinski definition) is 0. The van der Waals surface area contributed by atoms with Crippen molar-refractivity contribution >= 4 is 0 Å². The van der Waals surface area contributed by atoms with Crippen LogP contribution in [0.1, 0.15) is 62.6 Å². The summed E-state index contributed by atoms with van der Waals surface area (Å²) >= 11 is 0. The van der Waals surface area contributed by atoms with Crippen LogP contribution in [0.15, 0.2) is 34.9 Å². The minimum atomic E-state index is 0.349. The Morgan fingerprint density at radius 1 is 1.30 bits per heavy atom. The van der Waals surface area contributed by atoms with Crippen LogP contribution < -0.4 is 4.74 Å². The Labute approximate surface area is 138 Å². The molecule has 0 radical (unpaired) electrons. The Balaban J connectivity index is 1.68. The quantitative estimate of drug-likeness (QED) is 0.785. The average Bonchev–Trinajstić information content (AvgIpc) is 3.18. The van der Waals surface area contributed by atoms with Crippen molar-refractivity contribution in [3.63, 3.8) is 0 Å². The second kappa shape index (κ2) is 7.18. The molecule has 4 heteroatoms. The second-order valence-electron chi connectivity index (χ2n) is 6.51. The number of ether oxygens (including phenoxy) is 1. The molecule has 1 fully saturated rings. The number of benzene rings is 1. The fourth-order valence-corrected chi connectivity index (χ4v) is 3.16. The van der Waals surface area contributed by atoms with Gasteiger partial charge in [0, 0.05) is 12.6 Å². The minimum Gasteiger partial charge on any atom is -0.494 e. The van der Waals surface area contributed by atoms with E-state index in [1.165, 1.54) is 12.0 Å². The summed E-state index contributed by atoms with van der Waals surface area (Å²) in [6.45, 7) is 9.05. The molecule has 2 aromatic rings. The highest BCUT2D eigenvalue weighted by Gasteiger charge is 2.29. The maximum Gasteiger partial charge on any atom is 0.154 e. The minimum absolute atomic E-state index is 0.349. The van der Waals surface area contributed by atoms with E-state index in [1.54, 1.807) is 0 Å². The third-order valence-electron chi connectivity index (χ3n) is 4.45. The Morgan fingerprint density at radius 3 is 2.74 bits per heavy atom. The van der Waals surface area contributed by atoms with Crippen LogP contribution in [-0.2, 0) is 6.54 Å². The molecule has 1 aliphatic heterocycles.